The standard InChI is InChI=1S/C9H14N2O4S/c1-3-6(14-4-2)8-10-9(15-11-8)16-5-7(12)13/h6H,3-5H2,1-2H3,(H,12,13). The van der Waals surface area contributed by atoms with E-state index < -0.39 is 5.97 Å². The summed E-state index contributed by atoms with van der Waals surface area (Å²) in [5, 5.41) is 12.5. The van der Waals surface area contributed by atoms with Crippen molar-refractivity contribution in [2.75, 3.05) is 12.4 Å². The highest BCUT2D eigenvalue weighted by atomic mass is 32.2. The quantitative estimate of drug-likeness (QED) is 0.733. The lowest BCUT2D eigenvalue weighted by molar-refractivity contribution is -0.133. The van der Waals surface area contributed by atoms with Crippen LogP contribution < -0.4 is 0 Å². The number of hydrogen-bond donors (Lipinski definition) is 1. The van der Waals surface area contributed by atoms with E-state index in [1.807, 2.05) is 13.8 Å². The fourth-order valence-corrected chi connectivity index (χ4v) is 1.60. The Morgan fingerprint density at radius 1 is 1.62 bits per heavy atom. The highest BCUT2D eigenvalue weighted by Crippen LogP contribution is 2.21. The van der Waals surface area contributed by atoms with Crippen LogP contribution >= 0.6 is 11.8 Å². The van der Waals surface area contributed by atoms with Gasteiger partial charge in [-0.05, 0) is 13.3 Å². The van der Waals surface area contributed by atoms with E-state index in [0.717, 1.165) is 18.2 Å². The van der Waals surface area contributed by atoms with Crippen molar-refractivity contribution in [2.45, 2.75) is 31.6 Å². The molecule has 1 atom stereocenters. The second-order valence-electron chi connectivity index (χ2n) is 2.95. The molecule has 1 aromatic rings. The minimum Gasteiger partial charge on any atom is -0.481 e. The average molecular weight is 246 g/mol. The molecule has 1 rings (SSSR count). The molecule has 1 N–H and O–H groups in total. The summed E-state index contributed by atoms with van der Waals surface area (Å²) in [6, 6.07) is 0. The average Bonchev–Trinajstić information content (AvgIpc) is 2.71. The van der Waals surface area contributed by atoms with Crippen LogP contribution in [0.5, 0.6) is 0 Å². The number of aliphatic carboxylic acids is 1. The monoisotopic (exact) mass is 246 g/mol. The van der Waals surface area contributed by atoms with Crippen molar-refractivity contribution in [1.29, 1.82) is 0 Å². The first-order valence-corrected chi connectivity index (χ1v) is 5.95. The number of rotatable bonds is 7. The Morgan fingerprint density at radius 2 is 2.38 bits per heavy atom. The van der Waals surface area contributed by atoms with Crippen LogP contribution in [0.25, 0.3) is 0 Å². The maximum Gasteiger partial charge on any atom is 0.314 e. The molecule has 0 aliphatic carbocycles. The van der Waals surface area contributed by atoms with Crippen molar-refractivity contribution in [3.05, 3.63) is 5.82 Å². The molecule has 0 bridgehead atoms. The van der Waals surface area contributed by atoms with Crippen LogP contribution in [0.15, 0.2) is 9.75 Å². The number of carboxylic acid groups (broad SMARTS) is 1. The van der Waals surface area contributed by atoms with Gasteiger partial charge in [0.15, 0.2) is 0 Å². The Labute approximate surface area is 97.4 Å². The summed E-state index contributed by atoms with van der Waals surface area (Å²) in [6.07, 6.45) is 0.559. The Bertz CT molecular complexity index is 342. The largest absolute Gasteiger partial charge is 0.481 e. The molecule has 0 aliphatic heterocycles. The van der Waals surface area contributed by atoms with E-state index in [1.165, 1.54) is 0 Å². The van der Waals surface area contributed by atoms with Crippen molar-refractivity contribution in [2.24, 2.45) is 0 Å². The predicted octanol–water partition coefficient (Wildman–Crippen LogP) is 1.73. The summed E-state index contributed by atoms with van der Waals surface area (Å²) < 4.78 is 10.3. The van der Waals surface area contributed by atoms with Crippen LogP contribution in [-0.2, 0) is 9.53 Å². The van der Waals surface area contributed by atoms with E-state index in [0.29, 0.717) is 12.4 Å². The molecule has 0 amide bonds. The van der Waals surface area contributed by atoms with Crippen molar-refractivity contribution < 1.29 is 19.2 Å². The van der Waals surface area contributed by atoms with Gasteiger partial charge in [0.2, 0.25) is 5.82 Å². The van der Waals surface area contributed by atoms with E-state index in [-0.39, 0.29) is 17.1 Å². The molecule has 0 spiro atoms. The minimum absolute atomic E-state index is 0.0902. The van der Waals surface area contributed by atoms with Gasteiger partial charge in [0.1, 0.15) is 11.9 Å². The van der Waals surface area contributed by atoms with E-state index in [1.54, 1.807) is 0 Å². The second-order valence-corrected chi connectivity index (χ2v) is 3.88. The second kappa shape index (κ2) is 6.49. The highest BCUT2D eigenvalue weighted by Gasteiger charge is 2.17. The summed E-state index contributed by atoms with van der Waals surface area (Å²) in [4.78, 5) is 14.4. The first kappa shape index (κ1) is 13.0. The molecule has 1 unspecified atom stereocenters. The molecule has 0 fully saturated rings. The Hall–Kier alpha value is -1.08. The SMILES string of the molecule is CCOC(CC)c1noc(SCC(=O)O)n1. The Morgan fingerprint density at radius 3 is 2.94 bits per heavy atom. The van der Waals surface area contributed by atoms with Crippen LogP contribution in [0.4, 0.5) is 0 Å². The van der Waals surface area contributed by atoms with E-state index >= 15 is 0 Å². The molecule has 1 aromatic heterocycles. The van der Waals surface area contributed by atoms with E-state index in [4.69, 9.17) is 14.4 Å². The number of thioether (sulfide) groups is 1. The smallest absolute Gasteiger partial charge is 0.314 e. The number of carbonyl (C=O) groups is 1. The van der Waals surface area contributed by atoms with Crippen LogP contribution in [0, 0.1) is 0 Å². The fraction of sp³-hybridized carbons (Fsp3) is 0.667. The molecular formula is C9H14N2O4S. The molecule has 0 saturated carbocycles. The van der Waals surface area contributed by atoms with Crippen molar-refractivity contribution in [3.63, 3.8) is 0 Å². The van der Waals surface area contributed by atoms with Gasteiger partial charge in [-0.15, -0.1) is 0 Å². The maximum atomic E-state index is 10.3. The summed E-state index contributed by atoms with van der Waals surface area (Å²) in [7, 11) is 0. The topological polar surface area (TPSA) is 85.5 Å². The first-order valence-electron chi connectivity index (χ1n) is 4.97. The molecule has 90 valence electrons. The highest BCUT2D eigenvalue weighted by molar-refractivity contribution is 7.99. The Balaban J connectivity index is 2.58. The van der Waals surface area contributed by atoms with Crippen molar-refractivity contribution in [3.8, 4) is 0 Å². The lowest BCUT2D eigenvalue weighted by Gasteiger charge is -2.09. The fourth-order valence-electron chi connectivity index (χ4n) is 1.11. The predicted molar refractivity (Wildman–Crippen MR) is 57.3 cm³/mol. The first-order chi connectivity index (χ1) is 7.67. The zero-order valence-corrected chi connectivity index (χ0v) is 9.99. The minimum atomic E-state index is -0.915. The number of ether oxygens (including phenoxy) is 1. The van der Waals surface area contributed by atoms with Gasteiger partial charge in [0.05, 0.1) is 0 Å². The van der Waals surface area contributed by atoms with Crippen LogP contribution in [0.3, 0.4) is 0 Å². The zero-order chi connectivity index (χ0) is 12.0. The summed E-state index contributed by atoms with van der Waals surface area (Å²) in [6.45, 7) is 4.42. The summed E-state index contributed by atoms with van der Waals surface area (Å²) in [5.74, 6) is -0.536. The lowest BCUT2D eigenvalue weighted by atomic mass is 10.2. The van der Waals surface area contributed by atoms with Crippen LogP contribution in [0.1, 0.15) is 32.2 Å². The number of aromatic nitrogens is 2. The normalized spacial score (nSPS) is 12.6. The van der Waals surface area contributed by atoms with Gasteiger partial charge in [-0.1, -0.05) is 23.8 Å². The third kappa shape index (κ3) is 3.82. The molecule has 7 heteroatoms. The summed E-state index contributed by atoms with van der Waals surface area (Å²) >= 11 is 1.000. The van der Waals surface area contributed by atoms with Crippen LogP contribution in [0.2, 0.25) is 0 Å². The van der Waals surface area contributed by atoms with Gasteiger partial charge >= 0.3 is 5.97 Å². The number of hydrogen-bond acceptors (Lipinski definition) is 6. The molecular weight excluding hydrogens is 232 g/mol. The third-order valence-electron chi connectivity index (χ3n) is 1.77. The molecule has 6 nitrogen and oxygen atoms in total. The lowest BCUT2D eigenvalue weighted by Crippen LogP contribution is -2.04. The van der Waals surface area contributed by atoms with Crippen LogP contribution in [-0.4, -0.2) is 33.6 Å². The number of carboxylic acids is 1. The van der Waals surface area contributed by atoms with Gasteiger partial charge in [0.25, 0.3) is 5.22 Å². The molecule has 1 heterocycles. The molecule has 0 saturated heterocycles. The summed E-state index contributed by atoms with van der Waals surface area (Å²) in [5.41, 5.74) is 0. The van der Waals surface area contributed by atoms with Gasteiger partial charge in [-0.25, -0.2) is 0 Å². The maximum absolute atomic E-state index is 10.3. The third-order valence-corrected chi connectivity index (χ3v) is 2.57. The van der Waals surface area contributed by atoms with E-state index in [9.17, 15) is 4.79 Å². The zero-order valence-electron chi connectivity index (χ0n) is 9.17. The Kier molecular flexibility index (Phi) is 5.27. The van der Waals surface area contributed by atoms with Gasteiger partial charge in [0, 0.05) is 6.61 Å². The van der Waals surface area contributed by atoms with Gasteiger partial charge in [-0.2, -0.15) is 4.98 Å². The molecule has 0 aliphatic rings. The number of nitrogens with zero attached hydrogens (tertiary/aromatic N) is 2. The van der Waals surface area contributed by atoms with E-state index in [2.05, 4.69) is 10.1 Å². The van der Waals surface area contributed by atoms with Crippen molar-refractivity contribution >= 4 is 17.7 Å². The molecule has 0 aromatic carbocycles. The molecule has 16 heavy (non-hydrogen) atoms. The van der Waals surface area contributed by atoms with Gasteiger partial charge in [-0.3, -0.25) is 4.79 Å². The van der Waals surface area contributed by atoms with Crippen molar-refractivity contribution in [1.82, 2.24) is 10.1 Å². The van der Waals surface area contributed by atoms with Gasteiger partial charge < -0.3 is 14.4 Å². The molecule has 0 radical (unpaired) electrons.